The lowest BCUT2D eigenvalue weighted by molar-refractivity contribution is 0.418. The van der Waals surface area contributed by atoms with Gasteiger partial charge in [-0.25, -0.2) is 0 Å². The van der Waals surface area contributed by atoms with Crippen LogP contribution < -0.4 is 0 Å². The summed E-state index contributed by atoms with van der Waals surface area (Å²) in [6, 6.07) is 10.5. The van der Waals surface area contributed by atoms with Crippen LogP contribution in [-0.4, -0.2) is 5.16 Å². The van der Waals surface area contributed by atoms with Gasteiger partial charge < -0.3 is 4.52 Å². The van der Waals surface area contributed by atoms with E-state index in [4.69, 9.17) is 4.52 Å². The van der Waals surface area contributed by atoms with Gasteiger partial charge >= 0.3 is 0 Å². The van der Waals surface area contributed by atoms with E-state index in [2.05, 4.69) is 35.5 Å². The summed E-state index contributed by atoms with van der Waals surface area (Å²) in [5.74, 6) is 0.535. The molecule has 0 fully saturated rings. The number of aromatic nitrogens is 1. The first-order chi connectivity index (χ1) is 7.93. The molecule has 0 aliphatic heterocycles. The van der Waals surface area contributed by atoms with Gasteiger partial charge in [0.25, 0.3) is 0 Å². The lowest BCUT2D eigenvalue weighted by Crippen LogP contribution is -1.87. The Balaban J connectivity index is 1.83. The first kappa shape index (κ1) is 9.40. The zero-order chi connectivity index (χ0) is 10.8. The number of hydrogen-bond acceptors (Lipinski definition) is 2. The Kier molecular flexibility index (Phi) is 2.33. The molecule has 1 atom stereocenters. The van der Waals surface area contributed by atoms with Crippen molar-refractivity contribution in [2.75, 3.05) is 0 Å². The Morgan fingerprint density at radius 2 is 2.19 bits per heavy atom. The Labute approximate surface area is 94.6 Å². The summed E-state index contributed by atoms with van der Waals surface area (Å²) in [6.45, 7) is 0. The SMILES string of the molecule is C(=CC1CCc2ccccc21)c1ccon1. The molecule has 0 bridgehead atoms. The van der Waals surface area contributed by atoms with Gasteiger partial charge in [0, 0.05) is 12.0 Å². The van der Waals surface area contributed by atoms with Gasteiger partial charge in [0.2, 0.25) is 0 Å². The molecule has 0 saturated carbocycles. The number of fused-ring (bicyclic) bond motifs is 1. The predicted octanol–water partition coefficient (Wildman–Crippen LogP) is 3.42. The summed E-state index contributed by atoms with van der Waals surface area (Å²) in [4.78, 5) is 0. The molecule has 16 heavy (non-hydrogen) atoms. The molecular weight excluding hydrogens is 198 g/mol. The molecule has 2 heteroatoms. The van der Waals surface area contributed by atoms with E-state index in [-0.39, 0.29) is 0 Å². The highest BCUT2D eigenvalue weighted by Gasteiger charge is 2.18. The van der Waals surface area contributed by atoms with Crippen LogP contribution in [0.1, 0.15) is 29.2 Å². The summed E-state index contributed by atoms with van der Waals surface area (Å²) >= 11 is 0. The molecule has 3 rings (SSSR count). The van der Waals surface area contributed by atoms with Gasteiger partial charge in [0.1, 0.15) is 12.0 Å². The van der Waals surface area contributed by atoms with Crippen molar-refractivity contribution in [3.05, 3.63) is 59.5 Å². The van der Waals surface area contributed by atoms with Gasteiger partial charge in [0.05, 0.1) is 0 Å². The standard InChI is InChI=1S/C14H13NO/c1-2-4-14-11(3-1)5-6-12(14)7-8-13-9-10-16-15-13/h1-4,7-10,12H,5-6H2. The van der Waals surface area contributed by atoms with Gasteiger partial charge in [-0.15, -0.1) is 0 Å². The minimum absolute atomic E-state index is 0.535. The van der Waals surface area contributed by atoms with E-state index < -0.39 is 0 Å². The molecular formula is C14H13NO. The van der Waals surface area contributed by atoms with Crippen molar-refractivity contribution in [1.82, 2.24) is 5.16 Å². The molecule has 1 aromatic heterocycles. The van der Waals surface area contributed by atoms with Crippen LogP contribution in [0.3, 0.4) is 0 Å². The quantitative estimate of drug-likeness (QED) is 0.760. The molecule has 1 unspecified atom stereocenters. The molecule has 1 aliphatic rings. The summed E-state index contributed by atoms with van der Waals surface area (Å²) in [7, 11) is 0. The van der Waals surface area contributed by atoms with Crippen LogP contribution in [0.15, 0.2) is 47.2 Å². The summed E-state index contributed by atoms with van der Waals surface area (Å²) < 4.78 is 4.80. The minimum Gasteiger partial charge on any atom is -0.364 e. The molecule has 1 aromatic carbocycles. The highest BCUT2D eigenvalue weighted by molar-refractivity contribution is 5.48. The minimum atomic E-state index is 0.535. The first-order valence-electron chi connectivity index (χ1n) is 5.60. The van der Waals surface area contributed by atoms with Gasteiger partial charge in [-0.2, -0.15) is 0 Å². The maximum absolute atomic E-state index is 4.80. The molecule has 1 aliphatic carbocycles. The zero-order valence-corrected chi connectivity index (χ0v) is 8.97. The number of aryl methyl sites for hydroxylation is 1. The Hall–Kier alpha value is -1.83. The van der Waals surface area contributed by atoms with Crippen LogP contribution in [0.25, 0.3) is 6.08 Å². The van der Waals surface area contributed by atoms with Crippen molar-refractivity contribution >= 4 is 6.08 Å². The summed E-state index contributed by atoms with van der Waals surface area (Å²) in [6.07, 6.45) is 8.25. The van der Waals surface area contributed by atoms with Crippen molar-refractivity contribution in [3.63, 3.8) is 0 Å². The zero-order valence-electron chi connectivity index (χ0n) is 8.97. The average Bonchev–Trinajstić information content (AvgIpc) is 2.96. The molecule has 0 N–H and O–H groups in total. The fourth-order valence-corrected chi connectivity index (χ4v) is 2.31. The van der Waals surface area contributed by atoms with Crippen molar-refractivity contribution in [2.45, 2.75) is 18.8 Å². The Bertz CT molecular complexity index is 499. The normalized spacial score (nSPS) is 19.1. The second-order valence-electron chi connectivity index (χ2n) is 4.13. The van der Waals surface area contributed by atoms with E-state index in [9.17, 15) is 0 Å². The highest BCUT2D eigenvalue weighted by atomic mass is 16.5. The average molecular weight is 211 g/mol. The second-order valence-corrected chi connectivity index (χ2v) is 4.13. The van der Waals surface area contributed by atoms with E-state index in [1.807, 2.05) is 12.1 Å². The van der Waals surface area contributed by atoms with E-state index in [1.54, 1.807) is 6.26 Å². The van der Waals surface area contributed by atoms with Crippen LogP contribution in [-0.2, 0) is 6.42 Å². The summed E-state index contributed by atoms with van der Waals surface area (Å²) in [5.41, 5.74) is 3.84. The summed E-state index contributed by atoms with van der Waals surface area (Å²) in [5, 5.41) is 3.87. The highest BCUT2D eigenvalue weighted by Crippen LogP contribution is 2.33. The molecule has 0 spiro atoms. The van der Waals surface area contributed by atoms with Crippen LogP contribution in [0.5, 0.6) is 0 Å². The van der Waals surface area contributed by atoms with E-state index in [0.717, 1.165) is 5.69 Å². The van der Waals surface area contributed by atoms with E-state index in [1.165, 1.54) is 24.0 Å². The molecule has 1 heterocycles. The van der Waals surface area contributed by atoms with Crippen molar-refractivity contribution in [1.29, 1.82) is 0 Å². The number of rotatable bonds is 2. The fraction of sp³-hybridized carbons (Fsp3) is 0.214. The molecule has 0 amide bonds. The molecule has 0 saturated heterocycles. The van der Waals surface area contributed by atoms with Crippen molar-refractivity contribution < 1.29 is 4.52 Å². The molecule has 0 radical (unpaired) electrons. The smallest absolute Gasteiger partial charge is 0.124 e. The lowest BCUT2D eigenvalue weighted by Gasteiger charge is -2.04. The number of benzene rings is 1. The van der Waals surface area contributed by atoms with E-state index >= 15 is 0 Å². The fourth-order valence-electron chi connectivity index (χ4n) is 2.31. The van der Waals surface area contributed by atoms with Crippen molar-refractivity contribution in [2.24, 2.45) is 0 Å². The third kappa shape index (κ3) is 1.67. The maximum atomic E-state index is 4.80. The number of nitrogens with zero attached hydrogens (tertiary/aromatic N) is 1. The van der Waals surface area contributed by atoms with Gasteiger partial charge in [-0.3, -0.25) is 0 Å². The van der Waals surface area contributed by atoms with E-state index in [0.29, 0.717) is 5.92 Å². The monoisotopic (exact) mass is 211 g/mol. The molecule has 80 valence electrons. The molecule has 2 nitrogen and oxygen atoms in total. The van der Waals surface area contributed by atoms with Crippen LogP contribution in [0.4, 0.5) is 0 Å². The maximum Gasteiger partial charge on any atom is 0.124 e. The van der Waals surface area contributed by atoms with Gasteiger partial charge in [-0.1, -0.05) is 35.5 Å². The predicted molar refractivity (Wildman–Crippen MR) is 63.0 cm³/mol. The molecule has 2 aromatic rings. The van der Waals surface area contributed by atoms with Gasteiger partial charge in [-0.05, 0) is 30.0 Å². The third-order valence-electron chi connectivity index (χ3n) is 3.14. The topological polar surface area (TPSA) is 26.0 Å². The lowest BCUT2D eigenvalue weighted by atomic mass is 10.0. The first-order valence-corrected chi connectivity index (χ1v) is 5.60. The van der Waals surface area contributed by atoms with Crippen LogP contribution in [0.2, 0.25) is 0 Å². The third-order valence-corrected chi connectivity index (χ3v) is 3.14. The number of allylic oxidation sites excluding steroid dienone is 1. The second kappa shape index (κ2) is 3.97. The number of hydrogen-bond donors (Lipinski definition) is 0. The largest absolute Gasteiger partial charge is 0.364 e. The van der Waals surface area contributed by atoms with Crippen LogP contribution >= 0.6 is 0 Å². The van der Waals surface area contributed by atoms with Gasteiger partial charge in [0.15, 0.2) is 0 Å². The van der Waals surface area contributed by atoms with Crippen molar-refractivity contribution in [3.8, 4) is 0 Å². The Morgan fingerprint density at radius 3 is 3.06 bits per heavy atom. The van der Waals surface area contributed by atoms with Crippen LogP contribution in [0, 0.1) is 0 Å². The Morgan fingerprint density at radius 1 is 1.25 bits per heavy atom.